The van der Waals surface area contributed by atoms with Crippen LogP contribution in [0.2, 0.25) is 0 Å². The highest BCUT2D eigenvalue weighted by atomic mass is 79.9. The predicted molar refractivity (Wildman–Crippen MR) is 53.0 cm³/mol. The van der Waals surface area contributed by atoms with Gasteiger partial charge in [0.05, 0.1) is 5.69 Å². The molecule has 0 atom stereocenters. The van der Waals surface area contributed by atoms with Gasteiger partial charge >= 0.3 is 0 Å². The lowest BCUT2D eigenvalue weighted by atomic mass is 10.3. The maximum absolute atomic E-state index is 10.5. The monoisotopic (exact) mass is 238 g/mol. The lowest BCUT2D eigenvalue weighted by Crippen LogP contribution is -1.88. The number of pyridine rings is 1. The second-order valence-electron chi connectivity index (χ2n) is 2.79. The van der Waals surface area contributed by atoms with Crippen molar-refractivity contribution in [3.05, 3.63) is 34.2 Å². The molecule has 0 saturated carbocycles. The van der Waals surface area contributed by atoms with Gasteiger partial charge in [0.25, 0.3) is 0 Å². The highest BCUT2D eigenvalue weighted by Crippen LogP contribution is 2.17. The number of carbonyl (C=O) groups is 1. The van der Waals surface area contributed by atoms with E-state index >= 15 is 0 Å². The highest BCUT2D eigenvalue weighted by Gasteiger charge is 2.04. The van der Waals surface area contributed by atoms with Crippen LogP contribution in [-0.2, 0) is 0 Å². The molecule has 2 rings (SSSR count). The molecule has 0 fully saturated rings. The number of aromatic nitrogens is 2. The summed E-state index contributed by atoms with van der Waals surface area (Å²) in [5.41, 5.74) is 2.46. The van der Waals surface area contributed by atoms with Gasteiger partial charge in [0.2, 0.25) is 0 Å². The fraction of sp³-hybridized carbons (Fsp3) is 0.111. The number of halogens is 1. The van der Waals surface area contributed by atoms with Gasteiger partial charge in [-0.3, -0.25) is 4.79 Å². The van der Waals surface area contributed by atoms with E-state index in [1.807, 2.05) is 17.5 Å². The Hall–Kier alpha value is -1.16. The molecule has 0 amide bonds. The van der Waals surface area contributed by atoms with Crippen molar-refractivity contribution in [3.8, 4) is 0 Å². The summed E-state index contributed by atoms with van der Waals surface area (Å²) in [6.45, 7) is 1.96. The maximum Gasteiger partial charge on any atom is 0.150 e. The number of rotatable bonds is 1. The standard InChI is InChI=1S/C9H7BrN2O/c1-6-9(10)11-8-4-7(5-13)2-3-12(6)8/h2-5H,1H3. The lowest BCUT2D eigenvalue weighted by Gasteiger charge is -1.95. The third-order valence-electron chi connectivity index (χ3n) is 1.97. The second-order valence-corrected chi connectivity index (χ2v) is 3.55. The summed E-state index contributed by atoms with van der Waals surface area (Å²) in [5, 5.41) is 0. The first-order valence-electron chi connectivity index (χ1n) is 3.82. The smallest absolute Gasteiger partial charge is 0.150 e. The van der Waals surface area contributed by atoms with Gasteiger partial charge in [0.15, 0.2) is 0 Å². The zero-order valence-electron chi connectivity index (χ0n) is 6.99. The van der Waals surface area contributed by atoms with Crippen LogP contribution in [0.15, 0.2) is 22.9 Å². The lowest BCUT2D eigenvalue weighted by molar-refractivity contribution is 0.112. The number of hydrogen-bond acceptors (Lipinski definition) is 2. The van der Waals surface area contributed by atoms with Gasteiger partial charge in [0.1, 0.15) is 16.5 Å². The molecule has 0 bridgehead atoms. The van der Waals surface area contributed by atoms with E-state index in [4.69, 9.17) is 0 Å². The van der Waals surface area contributed by atoms with Crippen LogP contribution in [0.25, 0.3) is 5.65 Å². The minimum Gasteiger partial charge on any atom is -0.303 e. The predicted octanol–water partition coefficient (Wildman–Crippen LogP) is 2.22. The van der Waals surface area contributed by atoms with Gasteiger partial charge in [-0.15, -0.1) is 0 Å². The molecule has 0 aliphatic heterocycles. The summed E-state index contributed by atoms with van der Waals surface area (Å²) in [6.07, 6.45) is 2.66. The second kappa shape index (κ2) is 2.96. The number of carbonyl (C=O) groups excluding carboxylic acids is 1. The van der Waals surface area contributed by atoms with E-state index in [0.29, 0.717) is 5.56 Å². The van der Waals surface area contributed by atoms with E-state index in [-0.39, 0.29) is 0 Å². The molecule has 0 aromatic carbocycles. The number of fused-ring (bicyclic) bond motifs is 1. The van der Waals surface area contributed by atoms with E-state index in [1.54, 1.807) is 12.1 Å². The Bertz CT molecular complexity index is 476. The zero-order valence-corrected chi connectivity index (χ0v) is 8.58. The zero-order chi connectivity index (χ0) is 9.42. The molecule has 0 radical (unpaired) electrons. The molecular weight excluding hydrogens is 232 g/mol. The fourth-order valence-electron chi connectivity index (χ4n) is 1.23. The highest BCUT2D eigenvalue weighted by molar-refractivity contribution is 9.10. The molecule has 2 aromatic rings. The molecule has 0 unspecified atom stereocenters. The van der Waals surface area contributed by atoms with E-state index in [1.165, 1.54) is 0 Å². The summed E-state index contributed by atoms with van der Waals surface area (Å²) in [6, 6.07) is 3.52. The first kappa shape index (κ1) is 8.44. The Morgan fingerprint density at radius 1 is 1.62 bits per heavy atom. The summed E-state index contributed by atoms with van der Waals surface area (Å²) in [7, 11) is 0. The van der Waals surface area contributed by atoms with Crippen molar-refractivity contribution in [1.29, 1.82) is 0 Å². The number of hydrogen-bond donors (Lipinski definition) is 0. The largest absolute Gasteiger partial charge is 0.303 e. The summed E-state index contributed by atoms with van der Waals surface area (Å²) in [4.78, 5) is 14.7. The molecule has 0 aliphatic carbocycles. The number of aldehydes is 1. The van der Waals surface area contributed by atoms with Crippen molar-refractivity contribution in [1.82, 2.24) is 9.38 Å². The molecule has 0 spiro atoms. The fourth-order valence-corrected chi connectivity index (χ4v) is 1.60. The molecule has 66 valence electrons. The normalized spacial score (nSPS) is 10.6. The van der Waals surface area contributed by atoms with Crippen LogP contribution >= 0.6 is 15.9 Å². The molecule has 2 aromatic heterocycles. The van der Waals surface area contributed by atoms with Gasteiger partial charge < -0.3 is 4.40 Å². The van der Waals surface area contributed by atoms with E-state index in [2.05, 4.69) is 20.9 Å². The van der Waals surface area contributed by atoms with Crippen LogP contribution in [0.4, 0.5) is 0 Å². The Balaban J connectivity index is 2.79. The number of nitrogens with zero attached hydrogens (tertiary/aromatic N) is 2. The topological polar surface area (TPSA) is 34.4 Å². The molecule has 0 N–H and O–H groups in total. The Kier molecular flexibility index (Phi) is 1.92. The van der Waals surface area contributed by atoms with Gasteiger partial charge in [-0.25, -0.2) is 4.98 Å². The molecule has 0 aliphatic rings. The van der Waals surface area contributed by atoms with Crippen LogP contribution in [0.1, 0.15) is 16.1 Å². The van der Waals surface area contributed by atoms with Crippen LogP contribution < -0.4 is 0 Å². The van der Waals surface area contributed by atoms with Crippen molar-refractivity contribution in [2.24, 2.45) is 0 Å². The van der Waals surface area contributed by atoms with Crippen molar-refractivity contribution in [3.63, 3.8) is 0 Å². The van der Waals surface area contributed by atoms with E-state index in [0.717, 1.165) is 22.2 Å². The van der Waals surface area contributed by atoms with Crippen molar-refractivity contribution >= 4 is 27.9 Å². The molecule has 3 nitrogen and oxygen atoms in total. The number of imidazole rings is 1. The van der Waals surface area contributed by atoms with Crippen LogP contribution in [0.3, 0.4) is 0 Å². The summed E-state index contributed by atoms with van der Waals surface area (Å²) in [5.74, 6) is 0. The van der Waals surface area contributed by atoms with Crippen LogP contribution in [0.5, 0.6) is 0 Å². The van der Waals surface area contributed by atoms with Crippen molar-refractivity contribution in [2.75, 3.05) is 0 Å². The van der Waals surface area contributed by atoms with Gasteiger partial charge in [-0.2, -0.15) is 0 Å². The summed E-state index contributed by atoms with van der Waals surface area (Å²) >= 11 is 3.33. The van der Waals surface area contributed by atoms with Gasteiger partial charge in [-0.1, -0.05) is 0 Å². The Morgan fingerprint density at radius 2 is 2.38 bits per heavy atom. The minimum absolute atomic E-state index is 0.644. The average molecular weight is 239 g/mol. The average Bonchev–Trinajstić information content (AvgIpc) is 2.42. The van der Waals surface area contributed by atoms with Gasteiger partial charge in [-0.05, 0) is 35.0 Å². The van der Waals surface area contributed by atoms with E-state index < -0.39 is 0 Å². The third kappa shape index (κ3) is 1.27. The third-order valence-corrected chi connectivity index (χ3v) is 2.72. The molecule has 4 heteroatoms. The molecule has 2 heterocycles. The van der Waals surface area contributed by atoms with Crippen molar-refractivity contribution < 1.29 is 4.79 Å². The molecular formula is C9H7BrN2O. The summed E-state index contributed by atoms with van der Waals surface area (Å²) < 4.78 is 2.74. The van der Waals surface area contributed by atoms with Gasteiger partial charge in [0, 0.05) is 11.8 Å². The van der Waals surface area contributed by atoms with Crippen LogP contribution in [-0.4, -0.2) is 15.7 Å². The quantitative estimate of drug-likeness (QED) is 0.715. The van der Waals surface area contributed by atoms with Crippen LogP contribution in [0, 0.1) is 6.92 Å². The number of aryl methyl sites for hydroxylation is 1. The van der Waals surface area contributed by atoms with E-state index in [9.17, 15) is 4.79 Å². The molecule has 0 saturated heterocycles. The first-order chi connectivity index (χ1) is 6.22. The minimum atomic E-state index is 0.644. The maximum atomic E-state index is 10.5. The Morgan fingerprint density at radius 3 is 3.08 bits per heavy atom. The first-order valence-corrected chi connectivity index (χ1v) is 4.61. The Labute approximate surface area is 83.5 Å². The SMILES string of the molecule is Cc1c(Br)nc2cc(C=O)ccn12. The van der Waals surface area contributed by atoms with Crippen molar-refractivity contribution in [2.45, 2.75) is 6.92 Å². The molecule has 13 heavy (non-hydrogen) atoms.